The largest absolute Gasteiger partial charge is 0.366 e. The van der Waals surface area contributed by atoms with Gasteiger partial charge in [-0.15, -0.1) is 0 Å². The molecule has 1 amide bonds. The van der Waals surface area contributed by atoms with E-state index in [4.69, 9.17) is 5.73 Å². The second kappa shape index (κ2) is 6.34. The molecule has 0 unspecified atom stereocenters. The van der Waals surface area contributed by atoms with E-state index >= 15 is 0 Å². The van der Waals surface area contributed by atoms with Crippen LogP contribution in [0, 0.1) is 6.92 Å². The van der Waals surface area contributed by atoms with Gasteiger partial charge >= 0.3 is 0 Å². The van der Waals surface area contributed by atoms with E-state index in [-0.39, 0.29) is 0 Å². The number of para-hydroxylation sites is 1. The number of carbonyl (C=O) groups excluding carboxylic acids is 1. The average molecular weight is 367 g/mol. The standard InChI is InChI=1S/C19H15BrN2O/c1-12-18(19(21)23)16(15-4-2-3-5-17(15)22-12)11-8-13-6-9-14(20)10-7-13/h2-11H,1H3,(H2,21,23)/b11-8+. The first-order valence-corrected chi connectivity index (χ1v) is 7.98. The van der Waals surface area contributed by atoms with E-state index in [1.165, 1.54) is 0 Å². The molecule has 0 fully saturated rings. The summed E-state index contributed by atoms with van der Waals surface area (Å²) in [5.41, 5.74) is 9.40. The van der Waals surface area contributed by atoms with Crippen molar-refractivity contribution in [2.45, 2.75) is 6.92 Å². The SMILES string of the molecule is Cc1nc2ccccc2c(/C=C/c2ccc(Br)cc2)c1C(N)=O. The first-order chi connectivity index (χ1) is 11.1. The molecule has 4 heteroatoms. The molecule has 2 N–H and O–H groups in total. The van der Waals surface area contributed by atoms with Gasteiger partial charge in [0.1, 0.15) is 0 Å². The van der Waals surface area contributed by atoms with Crippen molar-refractivity contribution in [2.24, 2.45) is 5.73 Å². The third kappa shape index (κ3) is 3.17. The smallest absolute Gasteiger partial charge is 0.251 e. The summed E-state index contributed by atoms with van der Waals surface area (Å²) in [7, 11) is 0. The Bertz CT molecular complexity index is 915. The summed E-state index contributed by atoms with van der Waals surface area (Å²) < 4.78 is 1.03. The van der Waals surface area contributed by atoms with Crippen LogP contribution in [0.25, 0.3) is 23.1 Å². The quantitative estimate of drug-likeness (QED) is 0.737. The zero-order chi connectivity index (χ0) is 16.4. The molecule has 3 aromatic rings. The van der Waals surface area contributed by atoms with E-state index in [2.05, 4.69) is 20.9 Å². The topological polar surface area (TPSA) is 56.0 Å². The number of nitrogens with zero attached hydrogens (tertiary/aromatic N) is 1. The number of rotatable bonds is 3. The maximum Gasteiger partial charge on any atom is 0.251 e. The molecule has 0 aliphatic carbocycles. The number of carbonyl (C=O) groups is 1. The van der Waals surface area contributed by atoms with Gasteiger partial charge in [-0.2, -0.15) is 0 Å². The van der Waals surface area contributed by atoms with Crippen LogP contribution in [0.3, 0.4) is 0 Å². The van der Waals surface area contributed by atoms with Crippen molar-refractivity contribution in [2.75, 3.05) is 0 Å². The van der Waals surface area contributed by atoms with Crippen molar-refractivity contribution in [3.63, 3.8) is 0 Å². The predicted octanol–water partition coefficient (Wildman–Crippen LogP) is 4.58. The summed E-state index contributed by atoms with van der Waals surface area (Å²) in [6.45, 7) is 1.81. The van der Waals surface area contributed by atoms with Gasteiger partial charge in [-0.1, -0.05) is 58.4 Å². The minimum Gasteiger partial charge on any atom is -0.366 e. The molecule has 0 saturated carbocycles. The van der Waals surface area contributed by atoms with Gasteiger partial charge in [-0.3, -0.25) is 9.78 Å². The average Bonchev–Trinajstić information content (AvgIpc) is 2.53. The summed E-state index contributed by atoms with van der Waals surface area (Å²) in [6, 6.07) is 15.7. The number of hydrogen-bond acceptors (Lipinski definition) is 2. The number of hydrogen-bond donors (Lipinski definition) is 1. The Morgan fingerprint density at radius 2 is 1.78 bits per heavy atom. The van der Waals surface area contributed by atoms with Crippen molar-refractivity contribution in [1.82, 2.24) is 4.98 Å². The zero-order valence-corrected chi connectivity index (χ0v) is 14.2. The van der Waals surface area contributed by atoms with Crippen molar-refractivity contribution in [3.8, 4) is 0 Å². The van der Waals surface area contributed by atoms with Gasteiger partial charge in [-0.05, 0) is 36.2 Å². The molecule has 114 valence electrons. The molecule has 1 aromatic heterocycles. The fourth-order valence-corrected chi connectivity index (χ4v) is 2.87. The first-order valence-electron chi connectivity index (χ1n) is 7.19. The lowest BCUT2D eigenvalue weighted by Gasteiger charge is -2.10. The van der Waals surface area contributed by atoms with Crippen LogP contribution >= 0.6 is 15.9 Å². The summed E-state index contributed by atoms with van der Waals surface area (Å²) in [4.78, 5) is 16.4. The molecule has 0 atom stereocenters. The Morgan fingerprint density at radius 3 is 2.48 bits per heavy atom. The molecule has 3 rings (SSSR count). The lowest BCUT2D eigenvalue weighted by molar-refractivity contribution is 0.0999. The fraction of sp³-hybridized carbons (Fsp3) is 0.0526. The fourth-order valence-electron chi connectivity index (χ4n) is 2.60. The number of amides is 1. The van der Waals surface area contributed by atoms with Gasteiger partial charge in [0.2, 0.25) is 0 Å². The Labute approximate surface area is 143 Å². The van der Waals surface area contributed by atoms with Gasteiger partial charge < -0.3 is 5.73 Å². The van der Waals surface area contributed by atoms with Crippen molar-refractivity contribution >= 4 is 44.9 Å². The number of halogens is 1. The molecular weight excluding hydrogens is 352 g/mol. The first kappa shape index (κ1) is 15.4. The zero-order valence-electron chi connectivity index (χ0n) is 12.6. The Balaban J connectivity index is 2.19. The molecule has 0 spiro atoms. The van der Waals surface area contributed by atoms with Gasteiger partial charge in [0.05, 0.1) is 16.8 Å². The molecule has 3 nitrogen and oxygen atoms in total. The van der Waals surface area contributed by atoms with Crippen LogP contribution in [-0.2, 0) is 0 Å². The third-order valence-electron chi connectivity index (χ3n) is 3.67. The number of primary amides is 1. The lowest BCUT2D eigenvalue weighted by atomic mass is 9.99. The van der Waals surface area contributed by atoms with E-state index in [9.17, 15) is 4.79 Å². The number of benzene rings is 2. The van der Waals surface area contributed by atoms with Gasteiger partial charge in [0.15, 0.2) is 0 Å². The highest BCUT2D eigenvalue weighted by Gasteiger charge is 2.14. The van der Waals surface area contributed by atoms with Crippen LogP contribution in [-0.4, -0.2) is 10.9 Å². The van der Waals surface area contributed by atoms with E-state index in [0.29, 0.717) is 11.3 Å². The summed E-state index contributed by atoms with van der Waals surface area (Å²) in [6.07, 6.45) is 3.90. The third-order valence-corrected chi connectivity index (χ3v) is 4.20. The molecule has 0 bridgehead atoms. The maximum atomic E-state index is 11.9. The monoisotopic (exact) mass is 366 g/mol. The Hall–Kier alpha value is -2.46. The minimum absolute atomic E-state index is 0.462. The second-order valence-electron chi connectivity index (χ2n) is 5.25. The van der Waals surface area contributed by atoms with Crippen LogP contribution < -0.4 is 5.73 Å². The molecule has 0 aliphatic rings. The number of aromatic nitrogens is 1. The van der Waals surface area contributed by atoms with Crippen LogP contribution in [0.2, 0.25) is 0 Å². The second-order valence-corrected chi connectivity index (χ2v) is 6.17. The van der Waals surface area contributed by atoms with E-state index < -0.39 is 5.91 Å². The highest BCUT2D eigenvalue weighted by molar-refractivity contribution is 9.10. The number of nitrogens with two attached hydrogens (primary N) is 1. The number of aryl methyl sites for hydroxylation is 1. The van der Waals surface area contributed by atoms with Gasteiger partial charge in [-0.25, -0.2) is 0 Å². The predicted molar refractivity (Wildman–Crippen MR) is 98.1 cm³/mol. The van der Waals surface area contributed by atoms with Crippen molar-refractivity contribution in [1.29, 1.82) is 0 Å². The van der Waals surface area contributed by atoms with Crippen LogP contribution in [0.1, 0.15) is 27.2 Å². The molecule has 0 aliphatic heterocycles. The molecule has 0 radical (unpaired) electrons. The Morgan fingerprint density at radius 1 is 1.09 bits per heavy atom. The molecular formula is C19H15BrN2O. The van der Waals surface area contributed by atoms with Crippen LogP contribution in [0.4, 0.5) is 0 Å². The van der Waals surface area contributed by atoms with E-state index in [1.807, 2.05) is 67.6 Å². The van der Waals surface area contributed by atoms with E-state index in [1.54, 1.807) is 0 Å². The lowest BCUT2D eigenvalue weighted by Crippen LogP contribution is -2.15. The van der Waals surface area contributed by atoms with Crippen molar-refractivity contribution in [3.05, 3.63) is 75.4 Å². The number of fused-ring (bicyclic) bond motifs is 1. The molecule has 23 heavy (non-hydrogen) atoms. The summed E-state index contributed by atoms with van der Waals surface area (Å²) in [5.74, 6) is -0.462. The van der Waals surface area contributed by atoms with Crippen molar-refractivity contribution < 1.29 is 4.79 Å². The van der Waals surface area contributed by atoms with E-state index in [0.717, 1.165) is 26.5 Å². The molecule has 2 aromatic carbocycles. The van der Waals surface area contributed by atoms with Gasteiger partial charge in [0, 0.05) is 9.86 Å². The highest BCUT2D eigenvalue weighted by atomic mass is 79.9. The molecule has 0 saturated heterocycles. The minimum atomic E-state index is -0.462. The number of pyridine rings is 1. The van der Waals surface area contributed by atoms with Crippen LogP contribution in [0.15, 0.2) is 53.0 Å². The highest BCUT2D eigenvalue weighted by Crippen LogP contribution is 2.25. The maximum absolute atomic E-state index is 11.9. The summed E-state index contributed by atoms with van der Waals surface area (Å²) in [5, 5.41) is 0.917. The van der Waals surface area contributed by atoms with Gasteiger partial charge in [0.25, 0.3) is 5.91 Å². The molecule has 1 heterocycles. The normalized spacial score (nSPS) is 11.2. The van der Waals surface area contributed by atoms with Crippen LogP contribution in [0.5, 0.6) is 0 Å². The summed E-state index contributed by atoms with van der Waals surface area (Å²) >= 11 is 3.42. The Kier molecular flexibility index (Phi) is 4.26.